The number of hydrogen-bond donors (Lipinski definition) is 2. The van der Waals surface area contributed by atoms with Crippen LogP contribution < -0.4 is 11.1 Å². The topological polar surface area (TPSA) is 89.3 Å². The second-order valence-corrected chi connectivity index (χ2v) is 5.41. The zero-order valence-electron chi connectivity index (χ0n) is 11.8. The lowest BCUT2D eigenvalue weighted by molar-refractivity contribution is -0.124. The van der Waals surface area contributed by atoms with Gasteiger partial charge in [-0.1, -0.05) is 0 Å². The molecule has 1 aromatic carbocycles. The van der Waals surface area contributed by atoms with Gasteiger partial charge in [-0.05, 0) is 30.9 Å². The standard InChI is InChI=1S/C15H16F2N2O3/c16-10-4-9(5-11(17)7-10)15(22)19-13(14(18)21)8-2-1-3-12(20)6-8/h4-5,7-8,13H,1-3,6H2,(H2,18,21)(H,19,22)/t8-,13+/m1/s1. The average Bonchev–Trinajstić information content (AvgIpc) is 2.43. The Morgan fingerprint density at radius 3 is 2.41 bits per heavy atom. The fraction of sp³-hybridized carbons (Fsp3) is 0.400. The number of benzene rings is 1. The zero-order chi connectivity index (χ0) is 16.3. The van der Waals surface area contributed by atoms with Crippen LogP contribution in [0, 0.1) is 17.6 Å². The van der Waals surface area contributed by atoms with Crippen molar-refractivity contribution in [2.75, 3.05) is 0 Å². The minimum Gasteiger partial charge on any atom is -0.368 e. The molecule has 0 spiro atoms. The summed E-state index contributed by atoms with van der Waals surface area (Å²) in [6.07, 6.45) is 1.81. The fourth-order valence-corrected chi connectivity index (χ4v) is 2.67. The summed E-state index contributed by atoms with van der Waals surface area (Å²) in [6.45, 7) is 0. The lowest BCUT2D eigenvalue weighted by Crippen LogP contribution is -2.50. The SMILES string of the molecule is NC(=O)[C@@H](NC(=O)c1cc(F)cc(F)c1)[C@@H]1CCCC(=O)C1. The first-order valence-electron chi connectivity index (χ1n) is 6.95. The highest BCUT2D eigenvalue weighted by molar-refractivity contribution is 5.97. The molecule has 3 N–H and O–H groups in total. The molecule has 1 saturated carbocycles. The van der Waals surface area contributed by atoms with Crippen molar-refractivity contribution in [1.29, 1.82) is 0 Å². The van der Waals surface area contributed by atoms with Crippen molar-refractivity contribution in [2.24, 2.45) is 11.7 Å². The van der Waals surface area contributed by atoms with E-state index >= 15 is 0 Å². The van der Waals surface area contributed by atoms with E-state index in [0.717, 1.165) is 12.1 Å². The van der Waals surface area contributed by atoms with Crippen LogP contribution in [0.15, 0.2) is 18.2 Å². The molecule has 118 valence electrons. The zero-order valence-corrected chi connectivity index (χ0v) is 11.8. The number of amides is 2. The summed E-state index contributed by atoms with van der Waals surface area (Å²) >= 11 is 0. The number of primary amides is 1. The maximum atomic E-state index is 13.1. The van der Waals surface area contributed by atoms with E-state index in [9.17, 15) is 23.2 Å². The summed E-state index contributed by atoms with van der Waals surface area (Å²) < 4.78 is 26.3. The van der Waals surface area contributed by atoms with Gasteiger partial charge in [0, 0.05) is 24.5 Å². The molecule has 1 aliphatic rings. The second-order valence-electron chi connectivity index (χ2n) is 5.41. The van der Waals surface area contributed by atoms with Crippen LogP contribution in [-0.2, 0) is 9.59 Å². The summed E-state index contributed by atoms with van der Waals surface area (Å²) in [5, 5.41) is 2.38. The van der Waals surface area contributed by atoms with Crippen LogP contribution in [0.25, 0.3) is 0 Å². The van der Waals surface area contributed by atoms with E-state index in [4.69, 9.17) is 5.73 Å². The van der Waals surface area contributed by atoms with Crippen molar-refractivity contribution in [1.82, 2.24) is 5.32 Å². The number of nitrogens with one attached hydrogen (secondary N) is 1. The molecule has 1 aromatic rings. The third-order valence-electron chi connectivity index (χ3n) is 3.71. The van der Waals surface area contributed by atoms with Gasteiger partial charge in [-0.3, -0.25) is 14.4 Å². The molecule has 0 heterocycles. The fourth-order valence-electron chi connectivity index (χ4n) is 2.67. The number of carbonyl (C=O) groups is 3. The molecule has 0 radical (unpaired) electrons. The number of rotatable bonds is 4. The number of hydrogen-bond acceptors (Lipinski definition) is 3. The third kappa shape index (κ3) is 3.87. The molecule has 22 heavy (non-hydrogen) atoms. The Balaban J connectivity index is 2.15. The van der Waals surface area contributed by atoms with E-state index in [2.05, 4.69) is 5.32 Å². The van der Waals surface area contributed by atoms with Gasteiger partial charge < -0.3 is 11.1 Å². The molecule has 7 heteroatoms. The predicted octanol–water partition coefficient (Wildman–Crippen LogP) is 1.31. The highest BCUT2D eigenvalue weighted by Crippen LogP contribution is 2.24. The highest BCUT2D eigenvalue weighted by atomic mass is 19.1. The van der Waals surface area contributed by atoms with Crippen molar-refractivity contribution in [2.45, 2.75) is 31.7 Å². The molecule has 2 atom stereocenters. The molecular formula is C15H16F2N2O3. The Bertz CT molecular complexity index is 599. The molecule has 0 bridgehead atoms. The van der Waals surface area contributed by atoms with Crippen LogP contribution >= 0.6 is 0 Å². The lowest BCUT2D eigenvalue weighted by Gasteiger charge is -2.28. The first-order valence-corrected chi connectivity index (χ1v) is 6.95. The molecular weight excluding hydrogens is 294 g/mol. The quantitative estimate of drug-likeness (QED) is 0.878. The van der Waals surface area contributed by atoms with E-state index in [1.54, 1.807) is 0 Å². The summed E-state index contributed by atoms with van der Waals surface area (Å²) in [5.41, 5.74) is 5.04. The van der Waals surface area contributed by atoms with Gasteiger partial charge >= 0.3 is 0 Å². The Morgan fingerprint density at radius 1 is 1.23 bits per heavy atom. The number of nitrogens with two attached hydrogens (primary N) is 1. The van der Waals surface area contributed by atoms with E-state index in [1.165, 1.54) is 0 Å². The van der Waals surface area contributed by atoms with Gasteiger partial charge in [0.1, 0.15) is 23.5 Å². The maximum absolute atomic E-state index is 13.1. The van der Waals surface area contributed by atoms with Gasteiger partial charge in [0.25, 0.3) is 5.91 Å². The molecule has 2 rings (SSSR count). The second kappa shape index (κ2) is 6.64. The van der Waals surface area contributed by atoms with Crippen LogP contribution in [0.3, 0.4) is 0 Å². The van der Waals surface area contributed by atoms with E-state index < -0.39 is 29.5 Å². The Hall–Kier alpha value is -2.31. The smallest absolute Gasteiger partial charge is 0.252 e. The number of ketones is 1. The van der Waals surface area contributed by atoms with E-state index in [-0.39, 0.29) is 23.7 Å². The largest absolute Gasteiger partial charge is 0.368 e. The lowest BCUT2D eigenvalue weighted by atomic mass is 9.82. The molecule has 2 amide bonds. The van der Waals surface area contributed by atoms with Crippen molar-refractivity contribution >= 4 is 17.6 Å². The summed E-state index contributed by atoms with van der Waals surface area (Å²) in [4.78, 5) is 35.1. The highest BCUT2D eigenvalue weighted by Gasteiger charge is 2.32. The summed E-state index contributed by atoms with van der Waals surface area (Å²) in [7, 11) is 0. The van der Waals surface area contributed by atoms with E-state index in [0.29, 0.717) is 25.3 Å². The number of Topliss-reactive ketones (excluding diaryl/α,β-unsaturated/α-hetero) is 1. The van der Waals surface area contributed by atoms with Gasteiger partial charge in [0.2, 0.25) is 5.91 Å². The van der Waals surface area contributed by atoms with Crippen LogP contribution in [0.5, 0.6) is 0 Å². The molecule has 0 saturated heterocycles. The first kappa shape index (κ1) is 16.1. The molecule has 1 aliphatic carbocycles. The Morgan fingerprint density at radius 2 is 1.86 bits per heavy atom. The minimum absolute atomic E-state index is 0.00792. The van der Waals surface area contributed by atoms with Crippen molar-refractivity contribution < 1.29 is 23.2 Å². The normalized spacial score (nSPS) is 19.5. The van der Waals surface area contributed by atoms with Gasteiger partial charge in [0.15, 0.2) is 0 Å². The average molecular weight is 310 g/mol. The van der Waals surface area contributed by atoms with Crippen molar-refractivity contribution in [3.63, 3.8) is 0 Å². The first-order chi connectivity index (χ1) is 10.4. The molecule has 1 fully saturated rings. The molecule has 0 aliphatic heterocycles. The van der Waals surface area contributed by atoms with Crippen LogP contribution in [-0.4, -0.2) is 23.6 Å². The minimum atomic E-state index is -1.04. The van der Waals surface area contributed by atoms with Gasteiger partial charge in [-0.15, -0.1) is 0 Å². The van der Waals surface area contributed by atoms with Gasteiger partial charge in [0.05, 0.1) is 0 Å². The van der Waals surface area contributed by atoms with Gasteiger partial charge in [-0.25, -0.2) is 8.78 Å². The van der Waals surface area contributed by atoms with Crippen molar-refractivity contribution in [3.05, 3.63) is 35.4 Å². The molecule has 0 unspecified atom stereocenters. The maximum Gasteiger partial charge on any atom is 0.252 e. The molecule has 0 aromatic heterocycles. The van der Waals surface area contributed by atoms with Gasteiger partial charge in [-0.2, -0.15) is 0 Å². The summed E-state index contributed by atoms with van der Waals surface area (Å²) in [5.74, 6) is -3.75. The monoisotopic (exact) mass is 310 g/mol. The number of halogens is 2. The van der Waals surface area contributed by atoms with Crippen LogP contribution in [0.2, 0.25) is 0 Å². The van der Waals surface area contributed by atoms with Crippen LogP contribution in [0.1, 0.15) is 36.0 Å². The van der Waals surface area contributed by atoms with Crippen LogP contribution in [0.4, 0.5) is 8.78 Å². The predicted molar refractivity (Wildman–Crippen MR) is 73.8 cm³/mol. The molecule has 5 nitrogen and oxygen atoms in total. The third-order valence-corrected chi connectivity index (χ3v) is 3.71. The van der Waals surface area contributed by atoms with Crippen molar-refractivity contribution in [3.8, 4) is 0 Å². The number of carbonyl (C=O) groups excluding carboxylic acids is 3. The Kier molecular flexibility index (Phi) is 4.85. The summed E-state index contributed by atoms with van der Waals surface area (Å²) in [6, 6.07) is 1.33. The Labute approximate surface area is 125 Å². The van der Waals surface area contributed by atoms with E-state index in [1.807, 2.05) is 0 Å².